The molecule has 0 heterocycles. The lowest BCUT2D eigenvalue weighted by Crippen LogP contribution is -1.94. The molecule has 0 aliphatic carbocycles. The van der Waals surface area contributed by atoms with Crippen LogP contribution in [0.2, 0.25) is 5.02 Å². The first kappa shape index (κ1) is 14.9. The van der Waals surface area contributed by atoms with Crippen LogP contribution >= 0.6 is 27.5 Å². The fourth-order valence-electron chi connectivity index (χ4n) is 1.84. The van der Waals surface area contributed by atoms with Gasteiger partial charge in [-0.05, 0) is 47.9 Å². The van der Waals surface area contributed by atoms with Crippen LogP contribution in [0.3, 0.4) is 0 Å². The molecule has 2 aromatic carbocycles. The molecule has 0 saturated heterocycles. The van der Waals surface area contributed by atoms with Crippen LogP contribution in [-0.2, 0) is 0 Å². The Hall–Kier alpha value is -1.50. The van der Waals surface area contributed by atoms with Crippen LogP contribution in [0.1, 0.15) is 30.9 Å². The number of hydrogen-bond donors (Lipinski definition) is 0. The summed E-state index contributed by atoms with van der Waals surface area (Å²) in [5.41, 5.74) is 1.61. The van der Waals surface area contributed by atoms with Crippen molar-refractivity contribution in [3.8, 4) is 17.6 Å². The highest BCUT2D eigenvalue weighted by Crippen LogP contribution is 2.35. The van der Waals surface area contributed by atoms with E-state index < -0.39 is 0 Å². The molecule has 0 aliphatic heterocycles. The van der Waals surface area contributed by atoms with Gasteiger partial charge in [0.25, 0.3) is 0 Å². The SMILES string of the molecule is CC(C)c1cc(Br)ccc1Oc1ccc(C#N)cc1Cl. The second kappa shape index (κ2) is 6.30. The minimum Gasteiger partial charge on any atom is -0.456 e. The van der Waals surface area contributed by atoms with Crippen molar-refractivity contribution in [3.63, 3.8) is 0 Å². The molecule has 0 N–H and O–H groups in total. The first-order valence-corrected chi connectivity index (χ1v) is 7.35. The molecule has 0 fully saturated rings. The number of benzene rings is 2. The molecule has 0 aliphatic rings. The van der Waals surface area contributed by atoms with Crippen molar-refractivity contribution in [2.24, 2.45) is 0 Å². The largest absolute Gasteiger partial charge is 0.456 e. The third kappa shape index (κ3) is 3.33. The fraction of sp³-hybridized carbons (Fsp3) is 0.188. The zero-order valence-corrected chi connectivity index (χ0v) is 13.5. The Balaban J connectivity index is 2.38. The molecular weight excluding hydrogens is 338 g/mol. The Morgan fingerprint density at radius 3 is 2.45 bits per heavy atom. The van der Waals surface area contributed by atoms with E-state index in [-0.39, 0.29) is 0 Å². The number of nitriles is 1. The molecule has 102 valence electrons. The molecule has 4 heteroatoms. The fourth-order valence-corrected chi connectivity index (χ4v) is 2.43. The van der Waals surface area contributed by atoms with Crippen molar-refractivity contribution in [1.29, 1.82) is 5.26 Å². The second-order valence-corrected chi connectivity index (χ2v) is 6.02. The van der Waals surface area contributed by atoms with Crippen LogP contribution in [0.15, 0.2) is 40.9 Å². The number of nitrogens with zero attached hydrogens (tertiary/aromatic N) is 1. The lowest BCUT2D eigenvalue weighted by atomic mass is 10.0. The van der Waals surface area contributed by atoms with E-state index in [4.69, 9.17) is 21.6 Å². The molecule has 0 amide bonds. The van der Waals surface area contributed by atoms with Crippen molar-refractivity contribution < 1.29 is 4.74 Å². The zero-order valence-electron chi connectivity index (χ0n) is 11.2. The molecular formula is C16H13BrClNO. The monoisotopic (exact) mass is 349 g/mol. The predicted octanol–water partition coefficient (Wildman–Crippen LogP) is 5.89. The Bertz CT molecular complexity index is 677. The van der Waals surface area contributed by atoms with Crippen LogP contribution in [-0.4, -0.2) is 0 Å². The van der Waals surface area contributed by atoms with Gasteiger partial charge in [0.05, 0.1) is 16.7 Å². The summed E-state index contributed by atoms with van der Waals surface area (Å²) in [5, 5.41) is 9.27. The van der Waals surface area contributed by atoms with Gasteiger partial charge in [-0.25, -0.2) is 0 Å². The summed E-state index contributed by atoms with van der Waals surface area (Å²) >= 11 is 9.60. The Morgan fingerprint density at radius 2 is 1.85 bits per heavy atom. The van der Waals surface area contributed by atoms with Crippen LogP contribution in [0.25, 0.3) is 0 Å². The Kier molecular flexibility index (Phi) is 4.69. The van der Waals surface area contributed by atoms with Crippen molar-refractivity contribution in [1.82, 2.24) is 0 Å². The van der Waals surface area contributed by atoms with E-state index in [0.29, 0.717) is 22.3 Å². The lowest BCUT2D eigenvalue weighted by Gasteiger charge is -2.15. The predicted molar refractivity (Wildman–Crippen MR) is 84.5 cm³/mol. The van der Waals surface area contributed by atoms with E-state index in [1.807, 2.05) is 24.3 Å². The summed E-state index contributed by atoms with van der Waals surface area (Å²) in [4.78, 5) is 0. The van der Waals surface area contributed by atoms with Crippen LogP contribution in [0.4, 0.5) is 0 Å². The van der Waals surface area contributed by atoms with Gasteiger partial charge in [-0.1, -0.05) is 41.4 Å². The molecule has 0 aromatic heterocycles. The number of rotatable bonds is 3. The standard InChI is InChI=1S/C16H13BrClNO/c1-10(2)13-8-12(17)4-6-15(13)20-16-5-3-11(9-19)7-14(16)18/h3-8,10H,1-2H3. The molecule has 0 saturated carbocycles. The van der Waals surface area contributed by atoms with Gasteiger partial charge < -0.3 is 4.74 Å². The highest BCUT2D eigenvalue weighted by Gasteiger charge is 2.11. The third-order valence-corrected chi connectivity index (χ3v) is 3.66. The lowest BCUT2D eigenvalue weighted by molar-refractivity contribution is 0.473. The van der Waals surface area contributed by atoms with Crippen molar-refractivity contribution >= 4 is 27.5 Å². The number of halogens is 2. The first-order valence-electron chi connectivity index (χ1n) is 6.18. The van der Waals surface area contributed by atoms with Crippen LogP contribution in [0, 0.1) is 11.3 Å². The summed E-state index contributed by atoms with van der Waals surface area (Å²) < 4.78 is 6.91. The molecule has 0 unspecified atom stereocenters. The molecule has 0 radical (unpaired) electrons. The van der Waals surface area contributed by atoms with Gasteiger partial charge in [0.1, 0.15) is 11.5 Å². The summed E-state index contributed by atoms with van der Waals surface area (Å²) in [6.07, 6.45) is 0. The van der Waals surface area contributed by atoms with E-state index in [1.54, 1.807) is 18.2 Å². The summed E-state index contributed by atoms with van der Waals surface area (Å²) in [7, 11) is 0. The summed E-state index contributed by atoms with van der Waals surface area (Å²) in [5.74, 6) is 1.66. The van der Waals surface area contributed by atoms with Crippen LogP contribution < -0.4 is 4.74 Å². The average molecular weight is 351 g/mol. The van der Waals surface area contributed by atoms with Gasteiger partial charge in [0.15, 0.2) is 0 Å². The number of hydrogen-bond acceptors (Lipinski definition) is 2. The van der Waals surface area contributed by atoms with E-state index in [9.17, 15) is 0 Å². The topological polar surface area (TPSA) is 33.0 Å². The van der Waals surface area contributed by atoms with Crippen molar-refractivity contribution in [3.05, 3.63) is 57.0 Å². The van der Waals surface area contributed by atoms with Gasteiger partial charge in [-0.2, -0.15) is 5.26 Å². The summed E-state index contributed by atoms with van der Waals surface area (Å²) in [6.45, 7) is 4.21. The van der Waals surface area contributed by atoms with Crippen molar-refractivity contribution in [2.45, 2.75) is 19.8 Å². The van der Waals surface area contributed by atoms with Gasteiger partial charge >= 0.3 is 0 Å². The maximum Gasteiger partial charge on any atom is 0.146 e. The van der Waals surface area contributed by atoms with Gasteiger partial charge in [-0.15, -0.1) is 0 Å². The molecule has 2 rings (SSSR count). The van der Waals surface area contributed by atoms with E-state index in [0.717, 1.165) is 15.8 Å². The average Bonchev–Trinajstić information content (AvgIpc) is 2.42. The molecule has 0 bridgehead atoms. The minimum absolute atomic E-state index is 0.333. The normalized spacial score (nSPS) is 10.4. The maximum absolute atomic E-state index is 8.84. The molecule has 2 aromatic rings. The second-order valence-electron chi connectivity index (χ2n) is 4.70. The minimum atomic E-state index is 0.333. The third-order valence-electron chi connectivity index (χ3n) is 2.87. The summed E-state index contributed by atoms with van der Waals surface area (Å²) in [6, 6.07) is 12.9. The van der Waals surface area contributed by atoms with Gasteiger partial charge in [0, 0.05) is 4.47 Å². The molecule has 0 atom stereocenters. The quantitative estimate of drug-likeness (QED) is 0.691. The smallest absolute Gasteiger partial charge is 0.146 e. The van der Waals surface area contributed by atoms with Gasteiger partial charge in [-0.3, -0.25) is 0 Å². The Labute approximate surface area is 132 Å². The molecule has 0 spiro atoms. The Morgan fingerprint density at radius 1 is 1.15 bits per heavy atom. The number of ether oxygens (including phenoxy) is 1. The highest BCUT2D eigenvalue weighted by atomic mass is 79.9. The molecule has 2 nitrogen and oxygen atoms in total. The maximum atomic E-state index is 8.84. The first-order chi connectivity index (χ1) is 9.51. The van der Waals surface area contributed by atoms with E-state index in [1.165, 1.54) is 0 Å². The van der Waals surface area contributed by atoms with E-state index in [2.05, 4.69) is 29.8 Å². The van der Waals surface area contributed by atoms with Crippen molar-refractivity contribution in [2.75, 3.05) is 0 Å². The van der Waals surface area contributed by atoms with E-state index >= 15 is 0 Å². The van der Waals surface area contributed by atoms with Gasteiger partial charge in [0.2, 0.25) is 0 Å². The highest BCUT2D eigenvalue weighted by molar-refractivity contribution is 9.10. The molecule has 20 heavy (non-hydrogen) atoms. The van der Waals surface area contributed by atoms with Crippen LogP contribution in [0.5, 0.6) is 11.5 Å². The zero-order chi connectivity index (χ0) is 14.7.